The van der Waals surface area contributed by atoms with Gasteiger partial charge in [0.25, 0.3) is 0 Å². The Morgan fingerprint density at radius 2 is 2.13 bits per heavy atom. The Kier molecular flexibility index (Phi) is 4.26. The largest absolute Gasteiger partial charge is 0.497 e. The van der Waals surface area contributed by atoms with E-state index in [9.17, 15) is 0 Å². The minimum absolute atomic E-state index is 0.474. The fourth-order valence-corrected chi connectivity index (χ4v) is 4.61. The molecule has 2 aromatic rings. The summed E-state index contributed by atoms with van der Waals surface area (Å²) in [5.74, 6) is 1.84. The van der Waals surface area contributed by atoms with Gasteiger partial charge in [-0.15, -0.1) is 16.9 Å². The van der Waals surface area contributed by atoms with Crippen LogP contribution in [0.25, 0.3) is 0 Å². The first-order chi connectivity index (χ1) is 11.3. The van der Waals surface area contributed by atoms with Crippen LogP contribution < -0.4 is 4.74 Å². The van der Waals surface area contributed by atoms with Gasteiger partial charge in [-0.05, 0) is 47.5 Å². The van der Waals surface area contributed by atoms with Crippen molar-refractivity contribution in [2.75, 3.05) is 19.4 Å². The molecule has 2 aliphatic rings. The number of benzene rings is 1. The first-order valence-electron chi connectivity index (χ1n) is 7.59. The second-order valence-corrected chi connectivity index (χ2v) is 7.84. The van der Waals surface area contributed by atoms with Gasteiger partial charge in [-0.1, -0.05) is 11.8 Å². The average molecular weight is 347 g/mol. The summed E-state index contributed by atoms with van der Waals surface area (Å²) in [6.45, 7) is 0.851. The number of hydrogen-bond donors (Lipinski definition) is 0. The number of aromatic nitrogens is 4. The summed E-state index contributed by atoms with van der Waals surface area (Å²) in [5.41, 5.74) is 1.16. The van der Waals surface area contributed by atoms with Crippen LogP contribution in [-0.4, -0.2) is 49.9 Å². The van der Waals surface area contributed by atoms with Gasteiger partial charge in [-0.2, -0.15) is 0 Å². The van der Waals surface area contributed by atoms with E-state index in [4.69, 9.17) is 4.74 Å². The van der Waals surface area contributed by atoms with E-state index in [0.29, 0.717) is 11.3 Å². The smallest absolute Gasteiger partial charge is 0.209 e. The average Bonchev–Trinajstić information content (AvgIpc) is 3.14. The third kappa shape index (κ3) is 3.37. The number of rotatable bonds is 6. The fraction of sp³-hybridized carbons (Fsp3) is 0.467. The highest BCUT2D eigenvalue weighted by Gasteiger charge is 2.29. The maximum atomic E-state index is 5.20. The molecule has 1 saturated carbocycles. The van der Waals surface area contributed by atoms with Crippen molar-refractivity contribution in [2.24, 2.45) is 4.99 Å². The van der Waals surface area contributed by atoms with Gasteiger partial charge in [-0.25, -0.2) is 4.68 Å². The summed E-state index contributed by atoms with van der Waals surface area (Å²) in [5, 5.41) is 14.6. The molecular formula is C15H17N5OS2. The van der Waals surface area contributed by atoms with Gasteiger partial charge in [0, 0.05) is 16.6 Å². The van der Waals surface area contributed by atoms with E-state index >= 15 is 0 Å². The van der Waals surface area contributed by atoms with Crippen molar-refractivity contribution in [3.8, 4) is 5.75 Å². The minimum atomic E-state index is 0.474. The van der Waals surface area contributed by atoms with E-state index in [1.165, 1.54) is 12.8 Å². The first kappa shape index (κ1) is 15.0. The second-order valence-electron chi connectivity index (χ2n) is 5.56. The number of ether oxygens (including phenoxy) is 1. The zero-order chi connectivity index (χ0) is 15.6. The van der Waals surface area contributed by atoms with E-state index in [0.717, 1.165) is 33.8 Å². The summed E-state index contributed by atoms with van der Waals surface area (Å²) in [7, 11) is 1.68. The molecule has 1 atom stereocenters. The highest BCUT2D eigenvalue weighted by atomic mass is 32.2. The van der Waals surface area contributed by atoms with Crippen LogP contribution in [0.1, 0.15) is 24.4 Å². The van der Waals surface area contributed by atoms with Gasteiger partial charge >= 0.3 is 0 Å². The Balaban J connectivity index is 1.33. The van der Waals surface area contributed by atoms with Crippen molar-refractivity contribution in [1.29, 1.82) is 0 Å². The highest BCUT2D eigenvalue weighted by Crippen LogP contribution is 2.37. The van der Waals surface area contributed by atoms with E-state index in [1.54, 1.807) is 18.9 Å². The molecule has 2 heterocycles. The molecule has 120 valence electrons. The number of tetrazole rings is 1. The predicted molar refractivity (Wildman–Crippen MR) is 92.6 cm³/mol. The van der Waals surface area contributed by atoms with Gasteiger partial charge in [0.05, 0.1) is 24.7 Å². The zero-order valence-electron chi connectivity index (χ0n) is 12.8. The normalized spacial score (nSPS) is 20.6. The van der Waals surface area contributed by atoms with E-state index in [-0.39, 0.29) is 0 Å². The number of methoxy groups -OCH3 is 1. The van der Waals surface area contributed by atoms with Crippen molar-refractivity contribution in [3.63, 3.8) is 0 Å². The minimum Gasteiger partial charge on any atom is -0.497 e. The lowest BCUT2D eigenvalue weighted by Gasteiger charge is -2.08. The van der Waals surface area contributed by atoms with Crippen LogP contribution in [0.5, 0.6) is 5.75 Å². The van der Waals surface area contributed by atoms with Crippen molar-refractivity contribution in [1.82, 2.24) is 20.2 Å². The zero-order valence-corrected chi connectivity index (χ0v) is 14.4. The molecule has 1 aliphatic carbocycles. The maximum Gasteiger partial charge on any atom is 0.209 e. The van der Waals surface area contributed by atoms with Crippen molar-refractivity contribution in [3.05, 3.63) is 29.8 Å². The van der Waals surface area contributed by atoms with Gasteiger partial charge < -0.3 is 4.74 Å². The molecule has 6 nitrogen and oxygen atoms in total. The molecule has 8 heteroatoms. The molecule has 0 N–H and O–H groups in total. The fourth-order valence-electron chi connectivity index (χ4n) is 2.39. The van der Waals surface area contributed by atoms with Crippen molar-refractivity contribution >= 4 is 28.6 Å². The molecule has 1 aromatic carbocycles. The Morgan fingerprint density at radius 3 is 2.87 bits per heavy atom. The van der Waals surface area contributed by atoms with Crippen LogP contribution in [0.4, 0.5) is 0 Å². The lowest BCUT2D eigenvalue weighted by molar-refractivity contribution is 0.415. The summed E-state index contributed by atoms with van der Waals surface area (Å²) in [6.07, 6.45) is 2.39. The van der Waals surface area contributed by atoms with Gasteiger partial charge in [0.1, 0.15) is 5.75 Å². The van der Waals surface area contributed by atoms with Crippen LogP contribution in [-0.2, 0) is 0 Å². The summed E-state index contributed by atoms with van der Waals surface area (Å²) in [4.78, 5) is 4.68. The molecule has 0 radical (unpaired) electrons. The molecule has 1 aliphatic heterocycles. The quantitative estimate of drug-likeness (QED) is 0.749. The number of hydrogen-bond acceptors (Lipinski definition) is 7. The second kappa shape index (κ2) is 6.52. The van der Waals surface area contributed by atoms with Crippen LogP contribution in [0.3, 0.4) is 0 Å². The molecule has 0 amide bonds. The Bertz CT molecular complexity index is 711. The molecule has 0 bridgehead atoms. The van der Waals surface area contributed by atoms with Crippen molar-refractivity contribution in [2.45, 2.75) is 29.3 Å². The Hall–Kier alpha value is -1.54. The SMILES string of the molecule is COc1ccc(C2=NCC(CSc3nnnn3C3CC3)S2)cc1. The van der Waals surface area contributed by atoms with Crippen LogP contribution in [0, 0.1) is 0 Å². The Labute approximate surface area is 143 Å². The third-order valence-electron chi connectivity index (χ3n) is 3.81. The molecular weight excluding hydrogens is 330 g/mol. The van der Waals surface area contributed by atoms with Gasteiger partial charge in [0.2, 0.25) is 5.16 Å². The number of thioether (sulfide) groups is 2. The lowest BCUT2D eigenvalue weighted by atomic mass is 10.2. The van der Waals surface area contributed by atoms with Gasteiger partial charge in [-0.3, -0.25) is 4.99 Å². The first-order valence-corrected chi connectivity index (χ1v) is 9.46. The van der Waals surface area contributed by atoms with E-state index < -0.39 is 0 Å². The summed E-state index contributed by atoms with van der Waals surface area (Å²) < 4.78 is 7.17. The third-order valence-corrected chi connectivity index (χ3v) is 6.35. The van der Waals surface area contributed by atoms with E-state index in [1.807, 2.05) is 28.6 Å². The van der Waals surface area contributed by atoms with Gasteiger partial charge in [0.15, 0.2) is 0 Å². The molecule has 4 rings (SSSR count). The van der Waals surface area contributed by atoms with Crippen molar-refractivity contribution < 1.29 is 4.74 Å². The molecule has 1 unspecified atom stereocenters. The van der Waals surface area contributed by atoms with Crippen LogP contribution in [0.2, 0.25) is 0 Å². The predicted octanol–water partition coefficient (Wildman–Crippen LogP) is 2.67. The highest BCUT2D eigenvalue weighted by molar-refractivity contribution is 8.16. The van der Waals surface area contributed by atoms with Crippen LogP contribution in [0.15, 0.2) is 34.4 Å². The summed E-state index contributed by atoms with van der Waals surface area (Å²) in [6, 6.07) is 8.60. The van der Waals surface area contributed by atoms with Crippen LogP contribution >= 0.6 is 23.5 Å². The standard InChI is InChI=1S/C15H17N5OS2/c1-21-12-6-2-10(3-7-12)14-16-8-13(23-14)9-22-15-17-18-19-20(15)11-4-5-11/h2-3,6-7,11,13H,4-5,8-9H2,1H3. The number of nitrogens with zero attached hydrogens (tertiary/aromatic N) is 5. The molecule has 0 saturated heterocycles. The molecule has 0 spiro atoms. The lowest BCUT2D eigenvalue weighted by Crippen LogP contribution is -2.08. The topological polar surface area (TPSA) is 65.2 Å². The van der Waals surface area contributed by atoms with E-state index in [2.05, 4.69) is 32.7 Å². The monoisotopic (exact) mass is 347 g/mol. The molecule has 1 fully saturated rings. The number of aliphatic imine (C=N–C) groups is 1. The maximum absolute atomic E-state index is 5.20. The molecule has 1 aromatic heterocycles. The molecule has 23 heavy (non-hydrogen) atoms. The summed E-state index contributed by atoms with van der Waals surface area (Å²) >= 11 is 3.57. The Morgan fingerprint density at radius 1 is 1.30 bits per heavy atom.